The fourth-order valence-corrected chi connectivity index (χ4v) is 3.71. The summed E-state index contributed by atoms with van der Waals surface area (Å²) in [7, 11) is 0. The highest BCUT2D eigenvalue weighted by Crippen LogP contribution is 2.34. The third-order valence-electron chi connectivity index (χ3n) is 3.75. The molecule has 0 saturated carbocycles. The number of pyridine rings is 1. The van der Waals surface area contributed by atoms with Gasteiger partial charge in [-0.3, -0.25) is 0 Å². The lowest BCUT2D eigenvalue weighted by Gasteiger charge is -2.22. The first-order valence-corrected chi connectivity index (χ1v) is 8.78. The summed E-state index contributed by atoms with van der Waals surface area (Å²) in [6.45, 7) is 2.23. The summed E-state index contributed by atoms with van der Waals surface area (Å²) in [6.07, 6.45) is 16.0. The number of nitrogens with zero attached hydrogens (tertiary/aromatic N) is 1. The number of aliphatic hydroxyl groups excluding tert-OH is 1. The van der Waals surface area contributed by atoms with Crippen molar-refractivity contribution in [2.75, 3.05) is 0 Å². The molecule has 0 fully saturated rings. The molecule has 0 amide bonds. The van der Waals surface area contributed by atoms with Gasteiger partial charge in [0.25, 0.3) is 0 Å². The smallest absolute Gasteiger partial charge is 0.0965 e. The molecule has 3 heteroatoms. The zero-order valence-electron chi connectivity index (χ0n) is 12.7. The Morgan fingerprint density at radius 1 is 1.43 bits per heavy atom. The molecule has 0 aliphatic heterocycles. The van der Waals surface area contributed by atoms with Gasteiger partial charge >= 0.3 is 0 Å². The number of aliphatic hydroxyl groups is 1. The van der Waals surface area contributed by atoms with E-state index in [1.807, 2.05) is 24.4 Å². The molecule has 1 aliphatic rings. The fraction of sp³-hybridized carbons (Fsp3) is 0.500. The molecule has 1 aromatic heterocycles. The average Bonchev–Trinajstić information content (AvgIpc) is 2.93. The predicted molar refractivity (Wildman–Crippen MR) is 90.4 cm³/mol. The maximum Gasteiger partial charge on any atom is 0.0965 e. The maximum absolute atomic E-state index is 10.1. The van der Waals surface area contributed by atoms with Crippen LogP contribution < -0.4 is 0 Å². The first-order valence-electron chi connectivity index (χ1n) is 7.90. The van der Waals surface area contributed by atoms with Crippen molar-refractivity contribution in [3.05, 3.63) is 48.7 Å². The SMILES string of the molecule is CCCCC/C=C/[C@H](Sc1ccccn1)[C@@H]1C=CC[C@H]1O. The van der Waals surface area contributed by atoms with Crippen LogP contribution in [0.4, 0.5) is 0 Å². The summed E-state index contributed by atoms with van der Waals surface area (Å²) >= 11 is 1.74. The zero-order chi connectivity index (χ0) is 14.9. The van der Waals surface area contributed by atoms with Crippen molar-refractivity contribution in [3.8, 4) is 0 Å². The Hall–Kier alpha value is -1.06. The lowest BCUT2D eigenvalue weighted by atomic mass is 10.0. The average molecular weight is 303 g/mol. The summed E-state index contributed by atoms with van der Waals surface area (Å²) in [5.41, 5.74) is 0. The number of hydrogen-bond acceptors (Lipinski definition) is 3. The van der Waals surface area contributed by atoms with E-state index in [1.165, 1.54) is 19.3 Å². The molecular weight excluding hydrogens is 278 g/mol. The third kappa shape index (κ3) is 5.33. The highest BCUT2D eigenvalue weighted by molar-refractivity contribution is 8.00. The Morgan fingerprint density at radius 3 is 3.00 bits per heavy atom. The Bertz CT molecular complexity index is 458. The second-order valence-corrected chi connectivity index (χ2v) is 6.68. The Labute approximate surface area is 132 Å². The molecule has 1 N–H and O–H groups in total. The Kier molecular flexibility index (Phi) is 7.04. The van der Waals surface area contributed by atoms with Crippen LogP contribution in [-0.2, 0) is 0 Å². The van der Waals surface area contributed by atoms with Gasteiger partial charge in [-0.15, -0.1) is 0 Å². The van der Waals surface area contributed by atoms with Crippen LogP contribution in [0.2, 0.25) is 0 Å². The minimum Gasteiger partial charge on any atom is -0.392 e. The summed E-state index contributed by atoms with van der Waals surface area (Å²) < 4.78 is 0. The van der Waals surface area contributed by atoms with Crippen molar-refractivity contribution in [1.29, 1.82) is 0 Å². The van der Waals surface area contributed by atoms with Gasteiger partial charge in [-0.25, -0.2) is 4.98 Å². The molecule has 0 aromatic carbocycles. The van der Waals surface area contributed by atoms with Crippen molar-refractivity contribution in [1.82, 2.24) is 4.98 Å². The molecule has 0 spiro atoms. The van der Waals surface area contributed by atoms with Crippen LogP contribution in [0.5, 0.6) is 0 Å². The van der Waals surface area contributed by atoms with Crippen LogP contribution in [0.3, 0.4) is 0 Å². The first kappa shape index (κ1) is 16.3. The van der Waals surface area contributed by atoms with E-state index >= 15 is 0 Å². The van der Waals surface area contributed by atoms with Gasteiger partial charge in [-0.1, -0.05) is 61.9 Å². The molecular formula is C18H25NOS. The lowest BCUT2D eigenvalue weighted by Crippen LogP contribution is -2.23. The number of aromatic nitrogens is 1. The molecule has 2 nitrogen and oxygen atoms in total. The molecule has 1 heterocycles. The van der Waals surface area contributed by atoms with Crippen LogP contribution in [0.15, 0.2) is 53.7 Å². The summed E-state index contributed by atoms with van der Waals surface area (Å²) in [4.78, 5) is 4.40. The maximum atomic E-state index is 10.1. The van der Waals surface area contributed by atoms with Crippen molar-refractivity contribution in [2.45, 2.75) is 55.4 Å². The fourth-order valence-electron chi connectivity index (χ4n) is 2.53. The van der Waals surface area contributed by atoms with Gasteiger partial charge in [0.2, 0.25) is 0 Å². The van der Waals surface area contributed by atoms with Crippen LogP contribution in [0, 0.1) is 5.92 Å². The number of unbranched alkanes of at least 4 members (excludes halogenated alkanes) is 3. The van der Waals surface area contributed by atoms with Crippen molar-refractivity contribution in [3.63, 3.8) is 0 Å². The molecule has 0 saturated heterocycles. The standard InChI is InChI=1S/C18H25NOS/c1-2-3-4-5-6-12-17(15-10-9-11-16(15)20)21-18-13-7-8-14-19-18/h6-10,12-17,20H,2-5,11H2,1H3/b12-6+/t15-,16-,17+/m1/s1. The van der Waals surface area contributed by atoms with Crippen molar-refractivity contribution in [2.24, 2.45) is 5.92 Å². The van der Waals surface area contributed by atoms with Gasteiger partial charge in [0.1, 0.15) is 0 Å². The van der Waals surface area contributed by atoms with E-state index in [-0.39, 0.29) is 17.3 Å². The lowest BCUT2D eigenvalue weighted by molar-refractivity contribution is 0.146. The number of hydrogen-bond donors (Lipinski definition) is 1. The topological polar surface area (TPSA) is 33.1 Å². The molecule has 1 aliphatic carbocycles. The zero-order valence-corrected chi connectivity index (χ0v) is 13.5. The summed E-state index contributed by atoms with van der Waals surface area (Å²) in [6, 6.07) is 5.98. The van der Waals surface area contributed by atoms with Crippen LogP contribution in [-0.4, -0.2) is 21.4 Å². The molecule has 0 radical (unpaired) electrons. The first-order chi connectivity index (χ1) is 10.3. The van der Waals surface area contributed by atoms with Gasteiger partial charge in [-0.05, 0) is 31.4 Å². The van der Waals surface area contributed by atoms with Gasteiger partial charge in [0.05, 0.1) is 11.1 Å². The van der Waals surface area contributed by atoms with Gasteiger partial charge < -0.3 is 5.11 Å². The molecule has 0 unspecified atom stereocenters. The van der Waals surface area contributed by atoms with Crippen LogP contribution in [0.1, 0.15) is 39.0 Å². The monoisotopic (exact) mass is 303 g/mol. The minimum absolute atomic E-state index is 0.194. The van der Waals surface area contributed by atoms with Crippen molar-refractivity contribution < 1.29 is 5.11 Å². The summed E-state index contributed by atoms with van der Waals surface area (Å²) in [5, 5.41) is 11.4. The van der Waals surface area contributed by atoms with Crippen LogP contribution in [0.25, 0.3) is 0 Å². The largest absolute Gasteiger partial charge is 0.392 e. The van der Waals surface area contributed by atoms with E-state index in [0.717, 1.165) is 17.9 Å². The van der Waals surface area contributed by atoms with E-state index in [2.05, 4.69) is 36.2 Å². The predicted octanol–water partition coefficient (Wildman–Crippen LogP) is 4.62. The third-order valence-corrected chi connectivity index (χ3v) is 4.98. The minimum atomic E-state index is -0.258. The van der Waals surface area contributed by atoms with E-state index in [0.29, 0.717) is 0 Å². The van der Waals surface area contributed by atoms with Crippen molar-refractivity contribution >= 4 is 11.8 Å². The van der Waals surface area contributed by atoms with E-state index in [9.17, 15) is 5.11 Å². The molecule has 114 valence electrons. The molecule has 1 aromatic rings. The Balaban J connectivity index is 1.98. The van der Waals surface area contributed by atoms with E-state index < -0.39 is 0 Å². The molecule has 21 heavy (non-hydrogen) atoms. The summed E-state index contributed by atoms with van der Waals surface area (Å²) in [5.74, 6) is 0.194. The highest BCUT2D eigenvalue weighted by Gasteiger charge is 2.28. The second kappa shape index (κ2) is 9.06. The van der Waals surface area contributed by atoms with Gasteiger partial charge in [0, 0.05) is 17.4 Å². The normalized spacial score (nSPS) is 23.0. The molecule has 2 rings (SSSR count). The molecule has 0 bridgehead atoms. The number of rotatable bonds is 8. The molecule has 3 atom stereocenters. The Morgan fingerprint density at radius 2 is 2.33 bits per heavy atom. The highest BCUT2D eigenvalue weighted by atomic mass is 32.2. The van der Waals surface area contributed by atoms with E-state index in [4.69, 9.17) is 0 Å². The van der Waals surface area contributed by atoms with Gasteiger partial charge in [-0.2, -0.15) is 0 Å². The number of thioether (sulfide) groups is 1. The van der Waals surface area contributed by atoms with Gasteiger partial charge in [0.15, 0.2) is 0 Å². The quantitative estimate of drug-likeness (QED) is 0.432. The number of allylic oxidation sites excluding steroid dienone is 1. The van der Waals surface area contributed by atoms with Crippen LogP contribution >= 0.6 is 11.8 Å². The van der Waals surface area contributed by atoms with E-state index in [1.54, 1.807) is 11.8 Å². The second-order valence-electron chi connectivity index (χ2n) is 5.48.